The molecule has 0 amide bonds. The third-order valence-corrected chi connectivity index (χ3v) is 5.91. The van der Waals surface area contributed by atoms with Gasteiger partial charge in [0.05, 0.1) is 17.8 Å². The first-order valence-corrected chi connectivity index (χ1v) is 9.32. The highest BCUT2D eigenvalue weighted by atomic mass is 32.7. The fraction of sp³-hybridized carbons (Fsp3) is 0.333. The summed E-state index contributed by atoms with van der Waals surface area (Å²) in [5.41, 5.74) is 0.678. The Balaban J connectivity index is 2.79. The number of hydrogen-bond donors (Lipinski definition) is 4. The first-order chi connectivity index (χ1) is 9.86. The van der Waals surface area contributed by atoms with Crippen LogP contribution in [0, 0.1) is 0 Å². The lowest BCUT2D eigenvalue weighted by molar-refractivity contribution is -0.140. The van der Waals surface area contributed by atoms with Crippen LogP contribution in [-0.2, 0) is 20.3 Å². The molecule has 0 spiro atoms. The number of carboxylic acid groups (broad SMARTS) is 2. The lowest BCUT2D eigenvalue weighted by Crippen LogP contribution is -2.34. The molecule has 0 aliphatic rings. The van der Waals surface area contributed by atoms with Gasteiger partial charge in [-0.15, -0.1) is 0 Å². The van der Waals surface area contributed by atoms with Crippen molar-refractivity contribution in [1.29, 1.82) is 0 Å². The molecule has 1 rings (SSSR count). The molecule has 2 atom stereocenters. The maximum Gasteiger partial charge on any atom is 0.321 e. The molecule has 1 aromatic carbocycles. The van der Waals surface area contributed by atoms with Crippen molar-refractivity contribution in [2.24, 2.45) is 0 Å². The topological polar surface area (TPSA) is 124 Å². The fourth-order valence-electron chi connectivity index (χ4n) is 1.67. The van der Waals surface area contributed by atoms with E-state index in [0.717, 1.165) is 0 Å². The molecular weight excluding hydrogens is 317 g/mol. The molecule has 0 aromatic heterocycles. The van der Waals surface area contributed by atoms with Gasteiger partial charge in [0.25, 0.3) is 0 Å². The number of carbonyl (C=O) groups is 2. The van der Waals surface area contributed by atoms with Crippen LogP contribution in [0.25, 0.3) is 0 Å². The number of aliphatic carboxylic acids is 2. The van der Waals surface area contributed by atoms with Crippen molar-refractivity contribution < 1.29 is 28.9 Å². The minimum Gasteiger partial charge on any atom is -0.481 e. The first kappa shape index (κ1) is 17.7. The summed E-state index contributed by atoms with van der Waals surface area (Å²) in [5.74, 6) is -2.45. The van der Waals surface area contributed by atoms with E-state index >= 15 is 0 Å². The van der Waals surface area contributed by atoms with Crippen LogP contribution < -0.4 is 5.09 Å². The van der Waals surface area contributed by atoms with E-state index < -0.39 is 24.5 Å². The molecule has 9 heteroatoms. The fourth-order valence-corrected chi connectivity index (χ4v) is 4.42. The maximum atomic E-state index is 12.5. The van der Waals surface area contributed by atoms with Crippen LogP contribution in [0.5, 0.6) is 0 Å². The molecule has 0 bridgehead atoms. The Morgan fingerprint density at radius 2 is 1.86 bits per heavy atom. The summed E-state index contributed by atoms with van der Waals surface area (Å²) in [7, 11) is 0. The molecule has 0 saturated carbocycles. The van der Waals surface area contributed by atoms with E-state index in [1.165, 1.54) is 0 Å². The molecular formula is C12H16NO6PS. The van der Waals surface area contributed by atoms with Gasteiger partial charge in [-0.05, 0) is 12.0 Å². The number of rotatable bonds is 9. The molecule has 21 heavy (non-hydrogen) atoms. The summed E-state index contributed by atoms with van der Waals surface area (Å²) in [5, 5.41) is 20.0. The average Bonchev–Trinajstić information content (AvgIpc) is 2.44. The highest BCUT2D eigenvalue weighted by Crippen LogP contribution is 2.56. The van der Waals surface area contributed by atoms with E-state index in [1.54, 1.807) is 30.3 Å². The van der Waals surface area contributed by atoms with E-state index in [-0.39, 0.29) is 30.7 Å². The van der Waals surface area contributed by atoms with Crippen molar-refractivity contribution in [2.45, 2.75) is 25.0 Å². The van der Waals surface area contributed by atoms with Crippen molar-refractivity contribution >= 4 is 30.1 Å². The van der Waals surface area contributed by atoms with Crippen LogP contribution in [0.15, 0.2) is 30.3 Å². The second-order valence-corrected chi connectivity index (χ2v) is 8.70. The van der Waals surface area contributed by atoms with Gasteiger partial charge in [0.1, 0.15) is 6.04 Å². The number of carboxylic acids is 2. The minimum absolute atomic E-state index is 0.0359. The Labute approximate surface area is 125 Å². The molecule has 0 heterocycles. The molecule has 4 N–H and O–H groups in total. The minimum atomic E-state index is -3.44. The molecule has 1 unspecified atom stereocenters. The zero-order valence-corrected chi connectivity index (χ0v) is 12.7. The van der Waals surface area contributed by atoms with Crippen molar-refractivity contribution in [3.05, 3.63) is 35.9 Å². The summed E-state index contributed by atoms with van der Waals surface area (Å²) in [6.07, 6.45) is -0.624. The summed E-state index contributed by atoms with van der Waals surface area (Å²) in [4.78, 5) is 21.6. The lowest BCUT2D eigenvalue weighted by Gasteiger charge is -2.20. The molecule has 0 aliphatic carbocycles. The second-order valence-electron chi connectivity index (χ2n) is 4.35. The number of nitrogens with one attached hydrogen (secondary N) is 1. The lowest BCUT2D eigenvalue weighted by atomic mass is 10.2. The van der Waals surface area contributed by atoms with Gasteiger partial charge in [-0.1, -0.05) is 30.3 Å². The van der Waals surface area contributed by atoms with E-state index in [0.29, 0.717) is 5.56 Å². The van der Waals surface area contributed by atoms with E-state index in [2.05, 4.69) is 5.09 Å². The molecule has 0 fully saturated rings. The number of hydrogen-bond acceptors (Lipinski definition) is 5. The van der Waals surface area contributed by atoms with Gasteiger partial charge in [-0.25, -0.2) is 5.09 Å². The van der Waals surface area contributed by atoms with E-state index in [4.69, 9.17) is 10.2 Å². The molecule has 0 saturated heterocycles. The van der Waals surface area contributed by atoms with Crippen LogP contribution in [0.1, 0.15) is 18.4 Å². The first-order valence-electron chi connectivity index (χ1n) is 6.05. The highest BCUT2D eigenvalue weighted by Gasteiger charge is 2.30. The molecule has 116 valence electrons. The van der Waals surface area contributed by atoms with Crippen molar-refractivity contribution in [2.75, 3.05) is 0 Å². The van der Waals surface area contributed by atoms with Gasteiger partial charge in [0, 0.05) is 6.42 Å². The Kier molecular flexibility index (Phi) is 6.91. The summed E-state index contributed by atoms with van der Waals surface area (Å²) >= 11 is 0.0807. The molecule has 0 radical (unpaired) electrons. The van der Waals surface area contributed by atoms with Crippen LogP contribution in [0.2, 0.25) is 0 Å². The van der Waals surface area contributed by atoms with Crippen molar-refractivity contribution in [3.8, 4) is 0 Å². The van der Waals surface area contributed by atoms with Gasteiger partial charge >= 0.3 is 11.9 Å². The summed E-state index contributed by atoms with van der Waals surface area (Å²) in [6.45, 7) is -3.44. The highest BCUT2D eigenvalue weighted by molar-refractivity contribution is 8.54. The van der Waals surface area contributed by atoms with Crippen LogP contribution in [0.3, 0.4) is 0 Å². The van der Waals surface area contributed by atoms with Crippen LogP contribution in [-0.4, -0.2) is 32.7 Å². The second kappa shape index (κ2) is 8.19. The third kappa shape index (κ3) is 6.31. The van der Waals surface area contributed by atoms with Gasteiger partial charge < -0.3 is 14.8 Å². The van der Waals surface area contributed by atoms with Crippen LogP contribution >= 0.6 is 18.2 Å². The maximum absolute atomic E-state index is 12.5. The van der Waals surface area contributed by atoms with Crippen molar-refractivity contribution in [3.63, 3.8) is 0 Å². The third-order valence-electron chi connectivity index (χ3n) is 2.66. The van der Waals surface area contributed by atoms with Gasteiger partial charge in [-0.3, -0.25) is 14.2 Å². The zero-order valence-electron chi connectivity index (χ0n) is 11.0. The summed E-state index contributed by atoms with van der Waals surface area (Å²) < 4.78 is 21.7. The SMILES string of the molecule is O=C(O)CC[C@H](NP(=O)(Cc1ccccc1)SO)C(=O)O. The van der Waals surface area contributed by atoms with Crippen LogP contribution in [0.4, 0.5) is 0 Å². The van der Waals surface area contributed by atoms with Gasteiger partial charge in [0.2, 0.25) is 6.49 Å². The Hall–Kier alpha value is -1.34. The molecule has 7 nitrogen and oxygen atoms in total. The van der Waals surface area contributed by atoms with Crippen molar-refractivity contribution in [1.82, 2.24) is 5.09 Å². The number of benzene rings is 1. The standard InChI is InChI=1S/C12H16NO6PS/c14-11(15)7-6-10(12(16)17)13-20(18,21-19)8-9-4-2-1-3-5-9/h1-5,10,19H,6-8H2,(H,13,18)(H,14,15)(H,16,17)/t10-,20?/m0/s1. The van der Waals surface area contributed by atoms with Gasteiger partial charge in [0.15, 0.2) is 0 Å². The normalized spacial score (nSPS) is 15.1. The average molecular weight is 333 g/mol. The zero-order chi connectivity index (χ0) is 15.9. The predicted molar refractivity (Wildman–Crippen MR) is 79.4 cm³/mol. The van der Waals surface area contributed by atoms with E-state index in [1.807, 2.05) is 0 Å². The smallest absolute Gasteiger partial charge is 0.321 e. The summed E-state index contributed by atoms with van der Waals surface area (Å²) in [6, 6.07) is 7.37. The van der Waals surface area contributed by atoms with E-state index in [9.17, 15) is 18.7 Å². The Morgan fingerprint density at radius 1 is 1.24 bits per heavy atom. The monoisotopic (exact) mass is 333 g/mol. The Bertz CT molecular complexity index is 538. The predicted octanol–water partition coefficient (Wildman–Crippen LogP) is 2.49. The molecule has 1 aromatic rings. The quantitative estimate of drug-likeness (QED) is 0.401. The molecule has 0 aliphatic heterocycles. The largest absolute Gasteiger partial charge is 0.481 e. The Morgan fingerprint density at radius 3 is 2.33 bits per heavy atom. The van der Waals surface area contributed by atoms with Gasteiger partial charge in [-0.2, -0.15) is 0 Å².